The summed E-state index contributed by atoms with van der Waals surface area (Å²) in [6, 6.07) is 13.4. The lowest BCUT2D eigenvalue weighted by atomic mass is 10.2. The first kappa shape index (κ1) is 25.4. The fourth-order valence-corrected chi connectivity index (χ4v) is 3.99. The van der Waals surface area contributed by atoms with Gasteiger partial charge in [-0.1, -0.05) is 29.5 Å². The lowest BCUT2D eigenvalue weighted by molar-refractivity contribution is -0.131. The van der Waals surface area contributed by atoms with Crippen molar-refractivity contribution in [1.82, 2.24) is 24.6 Å². The van der Waals surface area contributed by atoms with Crippen LogP contribution in [0.2, 0.25) is 0 Å². The van der Waals surface area contributed by atoms with E-state index in [2.05, 4.69) is 15.5 Å². The number of thioether (sulfide) groups is 1. The highest BCUT2D eigenvalue weighted by Gasteiger charge is 2.22. The first-order valence-electron chi connectivity index (χ1n) is 10.8. The highest BCUT2D eigenvalue weighted by atomic mass is 32.2. The molecule has 34 heavy (non-hydrogen) atoms. The Hall–Kier alpha value is -3.24. The Balaban J connectivity index is 1.67. The van der Waals surface area contributed by atoms with Crippen LogP contribution < -0.4 is 5.32 Å². The SMILES string of the molecule is Cc1ccc(NC(=O)CN(C)C(=O)CSc2nnc(C(C)N(C)C)n2-c2ccc(F)cc2)cc1. The van der Waals surface area contributed by atoms with Gasteiger partial charge in [0.1, 0.15) is 5.82 Å². The molecule has 8 nitrogen and oxygen atoms in total. The molecular weight excluding hydrogens is 455 g/mol. The zero-order chi connectivity index (χ0) is 24.8. The van der Waals surface area contributed by atoms with Crippen LogP contribution in [-0.4, -0.2) is 69.8 Å². The third-order valence-corrected chi connectivity index (χ3v) is 6.27. The molecule has 0 spiro atoms. The fraction of sp³-hybridized carbons (Fsp3) is 0.333. The van der Waals surface area contributed by atoms with Crippen LogP contribution >= 0.6 is 11.8 Å². The molecule has 1 unspecified atom stereocenters. The molecular formula is C24H29FN6O2S. The van der Waals surface area contributed by atoms with Crippen molar-refractivity contribution < 1.29 is 14.0 Å². The minimum atomic E-state index is -0.339. The van der Waals surface area contributed by atoms with Gasteiger partial charge in [0, 0.05) is 18.4 Å². The van der Waals surface area contributed by atoms with E-state index in [1.54, 1.807) is 19.2 Å². The first-order valence-corrected chi connectivity index (χ1v) is 11.7. The summed E-state index contributed by atoms with van der Waals surface area (Å²) in [7, 11) is 5.45. The molecule has 0 radical (unpaired) electrons. The number of likely N-dealkylation sites (N-methyl/N-ethyl adjacent to an activating group) is 1. The minimum Gasteiger partial charge on any atom is -0.336 e. The van der Waals surface area contributed by atoms with Crippen LogP contribution in [0.4, 0.5) is 10.1 Å². The van der Waals surface area contributed by atoms with Crippen LogP contribution in [0.5, 0.6) is 0 Å². The number of rotatable bonds is 9. The zero-order valence-corrected chi connectivity index (χ0v) is 20.8. The number of aryl methyl sites for hydroxylation is 1. The van der Waals surface area contributed by atoms with E-state index in [1.165, 1.54) is 28.8 Å². The Morgan fingerprint density at radius 1 is 1.06 bits per heavy atom. The van der Waals surface area contributed by atoms with Crippen LogP contribution in [0, 0.1) is 12.7 Å². The molecule has 180 valence electrons. The minimum absolute atomic E-state index is 0.0595. The number of nitrogens with one attached hydrogen (secondary N) is 1. The zero-order valence-electron chi connectivity index (χ0n) is 19.9. The maximum absolute atomic E-state index is 13.5. The summed E-state index contributed by atoms with van der Waals surface area (Å²) < 4.78 is 15.3. The van der Waals surface area contributed by atoms with E-state index in [0.29, 0.717) is 22.4 Å². The van der Waals surface area contributed by atoms with Crippen LogP contribution in [-0.2, 0) is 9.59 Å². The van der Waals surface area contributed by atoms with Gasteiger partial charge in [0.05, 0.1) is 18.3 Å². The van der Waals surface area contributed by atoms with Crippen molar-refractivity contribution >= 4 is 29.3 Å². The van der Waals surface area contributed by atoms with Crippen LogP contribution in [0.1, 0.15) is 24.4 Å². The number of anilines is 1. The topological polar surface area (TPSA) is 83.4 Å². The van der Waals surface area contributed by atoms with Gasteiger partial charge in [-0.15, -0.1) is 10.2 Å². The third-order valence-electron chi connectivity index (χ3n) is 5.36. The highest BCUT2D eigenvalue weighted by Crippen LogP contribution is 2.27. The summed E-state index contributed by atoms with van der Waals surface area (Å²) in [5.74, 6) is -0.0863. The average Bonchev–Trinajstić information content (AvgIpc) is 3.22. The number of nitrogens with zero attached hydrogens (tertiary/aromatic N) is 5. The van der Waals surface area contributed by atoms with Crippen molar-refractivity contribution in [3.63, 3.8) is 0 Å². The Morgan fingerprint density at radius 2 is 1.71 bits per heavy atom. The molecule has 0 saturated heterocycles. The molecule has 0 saturated carbocycles. The maximum atomic E-state index is 13.5. The number of hydrogen-bond acceptors (Lipinski definition) is 6. The van der Waals surface area contributed by atoms with Gasteiger partial charge < -0.3 is 10.2 Å². The maximum Gasteiger partial charge on any atom is 0.243 e. The molecule has 1 aromatic heterocycles. The van der Waals surface area contributed by atoms with Gasteiger partial charge >= 0.3 is 0 Å². The fourth-order valence-electron chi connectivity index (χ4n) is 3.09. The molecule has 3 aromatic rings. The molecule has 0 aliphatic rings. The van der Waals surface area contributed by atoms with Crippen LogP contribution in [0.3, 0.4) is 0 Å². The quantitative estimate of drug-likeness (QED) is 0.468. The molecule has 0 fully saturated rings. The Labute approximate surface area is 203 Å². The van der Waals surface area contributed by atoms with E-state index in [-0.39, 0.29) is 36.0 Å². The van der Waals surface area contributed by atoms with Crippen molar-refractivity contribution in [1.29, 1.82) is 0 Å². The van der Waals surface area contributed by atoms with E-state index in [9.17, 15) is 14.0 Å². The van der Waals surface area contributed by atoms with Crippen LogP contribution in [0.25, 0.3) is 5.69 Å². The van der Waals surface area contributed by atoms with Gasteiger partial charge in [-0.25, -0.2) is 4.39 Å². The normalized spacial score (nSPS) is 12.0. The number of carbonyl (C=O) groups is 2. The van der Waals surface area contributed by atoms with Gasteiger partial charge in [0.2, 0.25) is 11.8 Å². The highest BCUT2D eigenvalue weighted by molar-refractivity contribution is 7.99. The third kappa shape index (κ3) is 6.42. The van der Waals surface area contributed by atoms with E-state index < -0.39 is 0 Å². The number of amides is 2. The van der Waals surface area contributed by atoms with Gasteiger partial charge in [-0.05, 0) is 64.3 Å². The van der Waals surface area contributed by atoms with Gasteiger partial charge in [-0.3, -0.25) is 19.1 Å². The van der Waals surface area contributed by atoms with Crippen molar-refractivity contribution in [2.45, 2.75) is 25.0 Å². The predicted molar refractivity (Wildman–Crippen MR) is 132 cm³/mol. The largest absolute Gasteiger partial charge is 0.336 e. The smallest absolute Gasteiger partial charge is 0.243 e. The summed E-state index contributed by atoms with van der Waals surface area (Å²) in [5.41, 5.74) is 2.48. The summed E-state index contributed by atoms with van der Waals surface area (Å²) >= 11 is 1.22. The molecule has 2 aromatic carbocycles. The van der Waals surface area contributed by atoms with Gasteiger partial charge in [0.25, 0.3) is 0 Å². The second-order valence-electron chi connectivity index (χ2n) is 8.24. The van der Waals surface area contributed by atoms with Gasteiger partial charge in [-0.2, -0.15) is 0 Å². The molecule has 10 heteroatoms. The first-order chi connectivity index (χ1) is 16.2. The second kappa shape index (κ2) is 11.3. The Morgan fingerprint density at radius 3 is 2.32 bits per heavy atom. The molecule has 1 N–H and O–H groups in total. The number of benzene rings is 2. The summed E-state index contributed by atoms with van der Waals surface area (Å²) in [6.45, 7) is 3.89. The average molecular weight is 485 g/mol. The standard InChI is InChI=1S/C24H29FN6O2S/c1-16-6-10-19(11-7-16)26-21(32)14-30(5)22(33)15-34-24-28-27-23(17(2)29(3)4)31(24)20-12-8-18(25)9-13-20/h6-13,17H,14-15H2,1-5H3,(H,26,32). The van der Waals surface area contributed by atoms with Crippen molar-refractivity contribution in [3.05, 3.63) is 65.7 Å². The Kier molecular flexibility index (Phi) is 8.41. The molecule has 3 rings (SSSR count). The monoisotopic (exact) mass is 484 g/mol. The van der Waals surface area contributed by atoms with E-state index in [0.717, 1.165) is 5.56 Å². The summed E-state index contributed by atoms with van der Waals surface area (Å²) in [4.78, 5) is 28.4. The number of hydrogen-bond donors (Lipinski definition) is 1. The lowest BCUT2D eigenvalue weighted by Crippen LogP contribution is -2.36. The van der Waals surface area contributed by atoms with E-state index in [1.807, 2.05) is 61.7 Å². The predicted octanol–water partition coefficient (Wildman–Crippen LogP) is 3.53. The molecule has 1 heterocycles. The number of carbonyl (C=O) groups excluding carboxylic acids is 2. The summed E-state index contributed by atoms with van der Waals surface area (Å²) in [5, 5.41) is 11.9. The van der Waals surface area contributed by atoms with Crippen molar-refractivity contribution in [2.75, 3.05) is 38.8 Å². The number of aromatic nitrogens is 3. The molecule has 0 bridgehead atoms. The lowest BCUT2D eigenvalue weighted by Gasteiger charge is -2.20. The van der Waals surface area contributed by atoms with Crippen molar-refractivity contribution in [2.24, 2.45) is 0 Å². The van der Waals surface area contributed by atoms with E-state index >= 15 is 0 Å². The number of halogens is 1. The molecule has 2 amide bonds. The summed E-state index contributed by atoms with van der Waals surface area (Å²) in [6.07, 6.45) is 0. The molecule has 0 aliphatic carbocycles. The second-order valence-corrected chi connectivity index (χ2v) is 9.19. The molecule has 1 atom stereocenters. The van der Waals surface area contributed by atoms with Crippen molar-refractivity contribution in [3.8, 4) is 5.69 Å². The van der Waals surface area contributed by atoms with Crippen LogP contribution in [0.15, 0.2) is 53.7 Å². The van der Waals surface area contributed by atoms with Gasteiger partial charge in [0.15, 0.2) is 11.0 Å². The van der Waals surface area contributed by atoms with E-state index in [4.69, 9.17) is 0 Å². The Bertz CT molecular complexity index is 1130. The molecule has 0 aliphatic heterocycles.